The molecule has 0 radical (unpaired) electrons. The van der Waals surface area contributed by atoms with E-state index in [1.807, 2.05) is 19.1 Å². The van der Waals surface area contributed by atoms with Gasteiger partial charge in [0.05, 0.1) is 6.10 Å². The second-order valence-electron chi connectivity index (χ2n) is 3.64. The molecule has 2 nitrogen and oxygen atoms in total. The second kappa shape index (κ2) is 5.71. The molecule has 15 heavy (non-hydrogen) atoms. The Kier molecular flexibility index (Phi) is 4.87. The van der Waals surface area contributed by atoms with Crippen LogP contribution in [0.1, 0.15) is 25.5 Å². The highest BCUT2D eigenvalue weighted by molar-refractivity contribution is 6.35. The van der Waals surface area contributed by atoms with Gasteiger partial charge in [-0.25, -0.2) is 0 Å². The number of hydrogen-bond donors (Lipinski definition) is 2. The number of rotatable bonds is 4. The second-order valence-corrected chi connectivity index (χ2v) is 4.49. The van der Waals surface area contributed by atoms with E-state index >= 15 is 0 Å². The van der Waals surface area contributed by atoms with Gasteiger partial charge in [0.2, 0.25) is 0 Å². The maximum absolute atomic E-state index is 9.14. The number of hydrogen-bond acceptors (Lipinski definition) is 2. The Morgan fingerprint density at radius 1 is 1.33 bits per heavy atom. The molecule has 0 aliphatic carbocycles. The highest BCUT2D eigenvalue weighted by Crippen LogP contribution is 2.25. The smallest absolute Gasteiger partial charge is 0.0636 e. The molecule has 0 heterocycles. The van der Waals surface area contributed by atoms with Crippen LogP contribution in [-0.4, -0.2) is 17.8 Å². The molecule has 0 fully saturated rings. The third kappa shape index (κ3) is 3.99. The summed E-state index contributed by atoms with van der Waals surface area (Å²) >= 11 is 11.9. The van der Waals surface area contributed by atoms with Gasteiger partial charge in [-0.05, 0) is 31.5 Å². The van der Waals surface area contributed by atoms with E-state index in [2.05, 4.69) is 5.32 Å². The van der Waals surface area contributed by atoms with Gasteiger partial charge in [0.25, 0.3) is 0 Å². The highest BCUT2D eigenvalue weighted by atomic mass is 35.5. The molecular formula is C11H15Cl2NO. The van der Waals surface area contributed by atoms with Gasteiger partial charge in [-0.1, -0.05) is 29.3 Å². The van der Waals surface area contributed by atoms with Gasteiger partial charge in [0.1, 0.15) is 0 Å². The number of nitrogens with one attached hydrogen (secondary N) is 1. The first-order valence-electron chi connectivity index (χ1n) is 4.87. The summed E-state index contributed by atoms with van der Waals surface area (Å²) in [6.07, 6.45) is -0.362. The van der Waals surface area contributed by atoms with E-state index in [0.717, 1.165) is 5.56 Å². The zero-order valence-corrected chi connectivity index (χ0v) is 10.3. The summed E-state index contributed by atoms with van der Waals surface area (Å²) in [5.41, 5.74) is 0.988. The molecular weight excluding hydrogens is 233 g/mol. The molecule has 0 spiro atoms. The Morgan fingerprint density at radius 2 is 2.00 bits per heavy atom. The average molecular weight is 248 g/mol. The molecule has 0 saturated heterocycles. The molecule has 84 valence electrons. The lowest BCUT2D eigenvalue weighted by Gasteiger charge is -2.16. The summed E-state index contributed by atoms with van der Waals surface area (Å²) in [5, 5.41) is 13.6. The van der Waals surface area contributed by atoms with Crippen molar-refractivity contribution in [3.05, 3.63) is 33.8 Å². The molecule has 0 saturated carbocycles. The van der Waals surface area contributed by atoms with E-state index in [1.165, 1.54) is 0 Å². The van der Waals surface area contributed by atoms with Gasteiger partial charge in [-0.3, -0.25) is 0 Å². The van der Waals surface area contributed by atoms with Crippen LogP contribution < -0.4 is 5.32 Å². The Hall–Kier alpha value is -0.280. The topological polar surface area (TPSA) is 32.3 Å². The van der Waals surface area contributed by atoms with Crippen LogP contribution >= 0.6 is 23.2 Å². The maximum atomic E-state index is 9.14. The lowest BCUT2D eigenvalue weighted by molar-refractivity contribution is 0.187. The zero-order valence-electron chi connectivity index (χ0n) is 8.80. The molecule has 0 aliphatic rings. The van der Waals surface area contributed by atoms with Crippen molar-refractivity contribution in [3.63, 3.8) is 0 Å². The van der Waals surface area contributed by atoms with E-state index < -0.39 is 0 Å². The Labute approximate surface area is 100 Å². The van der Waals surface area contributed by atoms with Crippen molar-refractivity contribution in [1.82, 2.24) is 5.32 Å². The van der Waals surface area contributed by atoms with E-state index in [1.54, 1.807) is 13.0 Å². The van der Waals surface area contributed by atoms with Crippen LogP contribution in [0.25, 0.3) is 0 Å². The minimum atomic E-state index is -0.362. The number of aliphatic hydroxyl groups excluding tert-OH is 1. The van der Waals surface area contributed by atoms with Crippen LogP contribution in [0.4, 0.5) is 0 Å². The van der Waals surface area contributed by atoms with E-state index in [0.29, 0.717) is 16.6 Å². The SMILES string of the molecule is CC(NC[C@H](C)O)c1ccc(Cl)cc1Cl. The fourth-order valence-electron chi connectivity index (χ4n) is 1.31. The minimum Gasteiger partial charge on any atom is -0.392 e. The molecule has 2 N–H and O–H groups in total. The monoisotopic (exact) mass is 247 g/mol. The van der Waals surface area contributed by atoms with Crippen molar-refractivity contribution < 1.29 is 5.11 Å². The molecule has 0 aromatic heterocycles. The Balaban J connectivity index is 2.69. The lowest BCUT2D eigenvalue weighted by Crippen LogP contribution is -2.27. The molecule has 1 aromatic rings. The highest BCUT2D eigenvalue weighted by Gasteiger charge is 2.09. The molecule has 4 heteroatoms. The third-order valence-electron chi connectivity index (χ3n) is 2.15. The molecule has 0 aliphatic heterocycles. The molecule has 2 atom stereocenters. The first kappa shape index (κ1) is 12.8. The lowest BCUT2D eigenvalue weighted by atomic mass is 10.1. The summed E-state index contributed by atoms with van der Waals surface area (Å²) < 4.78 is 0. The molecule has 1 rings (SSSR count). The van der Waals surface area contributed by atoms with Crippen molar-refractivity contribution in [2.75, 3.05) is 6.54 Å². The van der Waals surface area contributed by atoms with Crippen molar-refractivity contribution in [2.24, 2.45) is 0 Å². The standard InChI is InChI=1S/C11H15Cl2NO/c1-7(15)6-14-8(2)10-4-3-9(12)5-11(10)13/h3-5,7-8,14-15H,6H2,1-2H3/t7-,8?/m0/s1. The van der Waals surface area contributed by atoms with Crippen molar-refractivity contribution in [2.45, 2.75) is 26.0 Å². The van der Waals surface area contributed by atoms with E-state index in [9.17, 15) is 0 Å². The predicted molar refractivity (Wildman–Crippen MR) is 64.6 cm³/mol. The van der Waals surface area contributed by atoms with Gasteiger partial charge >= 0.3 is 0 Å². The summed E-state index contributed by atoms with van der Waals surface area (Å²) in [6, 6.07) is 5.52. The van der Waals surface area contributed by atoms with Crippen molar-refractivity contribution >= 4 is 23.2 Å². The van der Waals surface area contributed by atoms with Crippen LogP contribution in [0.15, 0.2) is 18.2 Å². The normalized spacial score (nSPS) is 15.0. The third-order valence-corrected chi connectivity index (χ3v) is 2.71. The van der Waals surface area contributed by atoms with Crippen molar-refractivity contribution in [3.8, 4) is 0 Å². The van der Waals surface area contributed by atoms with E-state index in [-0.39, 0.29) is 12.1 Å². The largest absolute Gasteiger partial charge is 0.392 e. The fraction of sp³-hybridized carbons (Fsp3) is 0.455. The number of halogens is 2. The van der Waals surface area contributed by atoms with Crippen LogP contribution in [0.2, 0.25) is 10.0 Å². The van der Waals surface area contributed by atoms with Crippen molar-refractivity contribution in [1.29, 1.82) is 0 Å². The average Bonchev–Trinajstić information content (AvgIpc) is 2.14. The summed E-state index contributed by atoms with van der Waals surface area (Å²) in [7, 11) is 0. The van der Waals surface area contributed by atoms with Gasteiger partial charge in [0, 0.05) is 22.6 Å². The first-order chi connectivity index (χ1) is 7.00. The van der Waals surface area contributed by atoms with Gasteiger partial charge in [-0.15, -0.1) is 0 Å². The molecule has 1 unspecified atom stereocenters. The van der Waals surface area contributed by atoms with Gasteiger partial charge < -0.3 is 10.4 Å². The predicted octanol–water partition coefficient (Wildman–Crippen LogP) is 3.02. The summed E-state index contributed by atoms with van der Waals surface area (Å²) in [5.74, 6) is 0. The first-order valence-corrected chi connectivity index (χ1v) is 5.62. The molecule has 0 amide bonds. The molecule has 0 bridgehead atoms. The van der Waals surface area contributed by atoms with Crippen LogP contribution in [0.3, 0.4) is 0 Å². The zero-order chi connectivity index (χ0) is 11.4. The van der Waals surface area contributed by atoms with Crippen LogP contribution in [0.5, 0.6) is 0 Å². The molecule has 1 aromatic carbocycles. The number of aliphatic hydroxyl groups is 1. The van der Waals surface area contributed by atoms with Crippen LogP contribution in [-0.2, 0) is 0 Å². The summed E-state index contributed by atoms with van der Waals surface area (Å²) in [6.45, 7) is 4.28. The Bertz CT molecular complexity index is 328. The van der Waals surface area contributed by atoms with Gasteiger partial charge in [0.15, 0.2) is 0 Å². The number of benzene rings is 1. The van der Waals surface area contributed by atoms with Crippen LogP contribution in [0, 0.1) is 0 Å². The van der Waals surface area contributed by atoms with Gasteiger partial charge in [-0.2, -0.15) is 0 Å². The fourth-order valence-corrected chi connectivity index (χ4v) is 1.88. The Morgan fingerprint density at radius 3 is 2.53 bits per heavy atom. The van der Waals surface area contributed by atoms with E-state index in [4.69, 9.17) is 28.3 Å². The maximum Gasteiger partial charge on any atom is 0.0636 e. The minimum absolute atomic E-state index is 0.101. The summed E-state index contributed by atoms with van der Waals surface area (Å²) in [4.78, 5) is 0. The quantitative estimate of drug-likeness (QED) is 0.858.